The predicted octanol–water partition coefficient (Wildman–Crippen LogP) is 3.35. The Kier molecular flexibility index (Phi) is 10.2. The number of amides is 1. The molecule has 0 aliphatic rings. The van der Waals surface area contributed by atoms with Crippen molar-refractivity contribution in [2.24, 2.45) is 5.92 Å². The van der Waals surface area contributed by atoms with Gasteiger partial charge in [0.2, 0.25) is 5.91 Å². The molecule has 2 unspecified atom stereocenters. The van der Waals surface area contributed by atoms with Crippen molar-refractivity contribution in [2.75, 3.05) is 0 Å². The maximum absolute atomic E-state index is 11.9. The topological polar surface area (TPSA) is 66.4 Å². The van der Waals surface area contributed by atoms with E-state index >= 15 is 0 Å². The van der Waals surface area contributed by atoms with Gasteiger partial charge in [0.15, 0.2) is 0 Å². The van der Waals surface area contributed by atoms with Gasteiger partial charge in [-0.15, -0.1) is 0 Å². The van der Waals surface area contributed by atoms with Gasteiger partial charge in [0.25, 0.3) is 0 Å². The van der Waals surface area contributed by atoms with Crippen molar-refractivity contribution in [2.45, 2.75) is 78.2 Å². The summed E-state index contributed by atoms with van der Waals surface area (Å²) in [5.74, 6) is -1.15. The lowest BCUT2D eigenvalue weighted by Gasteiger charge is -2.17. The highest BCUT2D eigenvalue weighted by Gasteiger charge is 2.21. The molecule has 0 saturated heterocycles. The number of unbranched alkanes of at least 4 members (excludes halogenated alkanes) is 4. The molecule has 0 spiro atoms. The van der Waals surface area contributed by atoms with E-state index in [0.29, 0.717) is 6.42 Å². The van der Waals surface area contributed by atoms with E-state index in [9.17, 15) is 9.59 Å². The fraction of sp³-hybridized carbons (Fsp3) is 0.867. The van der Waals surface area contributed by atoms with Gasteiger partial charge >= 0.3 is 5.97 Å². The molecule has 0 aromatic rings. The van der Waals surface area contributed by atoms with Crippen LogP contribution in [0, 0.1) is 5.92 Å². The Hall–Kier alpha value is -1.06. The van der Waals surface area contributed by atoms with Gasteiger partial charge in [-0.25, -0.2) is 4.79 Å². The number of hydrogen-bond acceptors (Lipinski definition) is 2. The summed E-state index contributed by atoms with van der Waals surface area (Å²) < 4.78 is 0. The number of hydrogen-bond donors (Lipinski definition) is 2. The number of carbonyl (C=O) groups excluding carboxylic acids is 1. The summed E-state index contributed by atoms with van der Waals surface area (Å²) in [4.78, 5) is 23.0. The molecule has 112 valence electrons. The molecule has 0 fully saturated rings. The highest BCUT2D eigenvalue weighted by molar-refractivity contribution is 5.84. The predicted molar refractivity (Wildman–Crippen MR) is 77.0 cm³/mol. The standard InChI is InChI=1S/C15H29NO3/c1-4-6-8-9-10-12(3)14(17)16-13(15(18)19)11-7-5-2/h12-13H,4-11H2,1-3H3,(H,16,17)(H,18,19). The fourth-order valence-electron chi connectivity index (χ4n) is 1.99. The third kappa shape index (κ3) is 8.62. The van der Waals surface area contributed by atoms with Gasteiger partial charge in [0.1, 0.15) is 6.04 Å². The van der Waals surface area contributed by atoms with E-state index in [4.69, 9.17) is 5.11 Å². The highest BCUT2D eigenvalue weighted by Crippen LogP contribution is 2.11. The summed E-state index contributed by atoms with van der Waals surface area (Å²) in [5.41, 5.74) is 0. The average Bonchev–Trinajstić information content (AvgIpc) is 2.38. The third-order valence-electron chi connectivity index (χ3n) is 3.40. The molecule has 1 amide bonds. The van der Waals surface area contributed by atoms with Crippen LogP contribution in [0.1, 0.15) is 72.1 Å². The summed E-state index contributed by atoms with van der Waals surface area (Å²) in [7, 11) is 0. The molecule has 0 rings (SSSR count). The lowest BCUT2D eigenvalue weighted by Crippen LogP contribution is -2.43. The summed E-state index contributed by atoms with van der Waals surface area (Å²) in [6, 6.07) is -0.731. The molecule has 0 bridgehead atoms. The Bertz CT molecular complexity index is 266. The van der Waals surface area contributed by atoms with Crippen LogP contribution in [0.15, 0.2) is 0 Å². The zero-order valence-electron chi connectivity index (χ0n) is 12.6. The molecule has 0 aliphatic heterocycles. The van der Waals surface area contributed by atoms with Gasteiger partial charge in [-0.05, 0) is 12.8 Å². The van der Waals surface area contributed by atoms with Crippen molar-refractivity contribution in [3.05, 3.63) is 0 Å². The zero-order valence-corrected chi connectivity index (χ0v) is 12.6. The molecule has 4 heteroatoms. The van der Waals surface area contributed by atoms with Gasteiger partial charge in [-0.3, -0.25) is 4.79 Å². The largest absolute Gasteiger partial charge is 0.480 e. The van der Waals surface area contributed by atoms with Crippen LogP contribution in [0.4, 0.5) is 0 Å². The maximum Gasteiger partial charge on any atom is 0.326 e. The van der Waals surface area contributed by atoms with Crippen LogP contribution in [-0.2, 0) is 9.59 Å². The van der Waals surface area contributed by atoms with E-state index in [1.54, 1.807) is 0 Å². The van der Waals surface area contributed by atoms with Crippen LogP contribution in [0.25, 0.3) is 0 Å². The number of nitrogens with one attached hydrogen (secondary N) is 1. The van der Waals surface area contributed by atoms with Gasteiger partial charge in [0.05, 0.1) is 0 Å². The van der Waals surface area contributed by atoms with Crippen molar-refractivity contribution in [3.8, 4) is 0 Å². The molecule has 2 atom stereocenters. The van der Waals surface area contributed by atoms with Crippen LogP contribution in [0.3, 0.4) is 0 Å². The van der Waals surface area contributed by atoms with Crippen molar-refractivity contribution >= 4 is 11.9 Å². The minimum absolute atomic E-state index is 0.0969. The summed E-state index contributed by atoms with van der Waals surface area (Å²) >= 11 is 0. The van der Waals surface area contributed by atoms with Crippen LogP contribution < -0.4 is 5.32 Å². The van der Waals surface area contributed by atoms with Crippen LogP contribution in [-0.4, -0.2) is 23.0 Å². The average molecular weight is 271 g/mol. The first-order chi connectivity index (χ1) is 9.02. The van der Waals surface area contributed by atoms with Crippen molar-refractivity contribution in [3.63, 3.8) is 0 Å². The Morgan fingerprint density at radius 2 is 1.63 bits per heavy atom. The minimum Gasteiger partial charge on any atom is -0.480 e. The van der Waals surface area contributed by atoms with Crippen LogP contribution in [0.5, 0.6) is 0 Å². The first-order valence-corrected chi connectivity index (χ1v) is 7.56. The lowest BCUT2D eigenvalue weighted by atomic mass is 10.0. The van der Waals surface area contributed by atoms with Gasteiger partial charge in [-0.1, -0.05) is 59.3 Å². The van der Waals surface area contributed by atoms with E-state index in [1.807, 2.05) is 13.8 Å². The molecule has 0 radical (unpaired) electrons. The van der Waals surface area contributed by atoms with Crippen LogP contribution >= 0.6 is 0 Å². The number of aliphatic carboxylic acids is 1. The molecule has 19 heavy (non-hydrogen) atoms. The molecule has 0 saturated carbocycles. The quantitative estimate of drug-likeness (QED) is 0.566. The van der Waals surface area contributed by atoms with E-state index in [1.165, 1.54) is 12.8 Å². The van der Waals surface area contributed by atoms with E-state index in [0.717, 1.165) is 32.1 Å². The van der Waals surface area contributed by atoms with Crippen molar-refractivity contribution in [1.29, 1.82) is 0 Å². The Labute approximate surface area is 117 Å². The number of carboxylic acids is 1. The smallest absolute Gasteiger partial charge is 0.326 e. The van der Waals surface area contributed by atoms with E-state index in [-0.39, 0.29) is 11.8 Å². The van der Waals surface area contributed by atoms with E-state index < -0.39 is 12.0 Å². The Balaban J connectivity index is 4.05. The SMILES string of the molecule is CCCCCCC(C)C(=O)NC(CCCC)C(=O)O. The third-order valence-corrected chi connectivity index (χ3v) is 3.40. The second kappa shape index (κ2) is 10.8. The second-order valence-corrected chi connectivity index (χ2v) is 5.29. The molecule has 4 nitrogen and oxygen atoms in total. The zero-order chi connectivity index (χ0) is 14.7. The summed E-state index contributed by atoms with van der Waals surface area (Å²) in [6.45, 7) is 6.04. The maximum atomic E-state index is 11.9. The van der Waals surface area contributed by atoms with Crippen molar-refractivity contribution in [1.82, 2.24) is 5.32 Å². The second-order valence-electron chi connectivity index (χ2n) is 5.29. The molecule has 2 N–H and O–H groups in total. The first kappa shape index (κ1) is 17.9. The summed E-state index contributed by atoms with van der Waals surface area (Å²) in [6.07, 6.45) is 7.67. The molecule has 0 heterocycles. The minimum atomic E-state index is -0.931. The number of rotatable bonds is 11. The van der Waals surface area contributed by atoms with Crippen molar-refractivity contribution < 1.29 is 14.7 Å². The van der Waals surface area contributed by atoms with Crippen LogP contribution in [0.2, 0.25) is 0 Å². The van der Waals surface area contributed by atoms with Gasteiger partial charge in [-0.2, -0.15) is 0 Å². The monoisotopic (exact) mass is 271 g/mol. The molecule has 0 aromatic carbocycles. The lowest BCUT2D eigenvalue weighted by molar-refractivity contribution is -0.142. The summed E-state index contributed by atoms with van der Waals surface area (Å²) in [5, 5.41) is 11.7. The van der Waals surface area contributed by atoms with Gasteiger partial charge in [0, 0.05) is 5.92 Å². The Morgan fingerprint density at radius 1 is 1.00 bits per heavy atom. The molecular formula is C15H29NO3. The molecular weight excluding hydrogens is 242 g/mol. The van der Waals surface area contributed by atoms with Gasteiger partial charge < -0.3 is 10.4 Å². The fourth-order valence-corrected chi connectivity index (χ4v) is 1.99. The number of carboxylic acid groups (broad SMARTS) is 1. The Morgan fingerprint density at radius 3 is 2.16 bits per heavy atom. The first-order valence-electron chi connectivity index (χ1n) is 7.56. The van der Waals surface area contributed by atoms with E-state index in [2.05, 4.69) is 12.2 Å². The molecule has 0 aromatic heterocycles. The molecule has 0 aliphatic carbocycles. The number of carbonyl (C=O) groups is 2. The highest BCUT2D eigenvalue weighted by atomic mass is 16.4. The normalized spacial score (nSPS) is 13.8.